The molecule has 0 amide bonds. The maximum atomic E-state index is 13.0. The summed E-state index contributed by atoms with van der Waals surface area (Å²) in [5.74, 6) is 1.17. The summed E-state index contributed by atoms with van der Waals surface area (Å²) >= 11 is 5.57. The van der Waals surface area contributed by atoms with E-state index in [0.29, 0.717) is 32.2 Å². The molecule has 3 fully saturated rings. The second kappa shape index (κ2) is 7.05. The van der Waals surface area contributed by atoms with Crippen LogP contribution >= 0.6 is 12.2 Å². The summed E-state index contributed by atoms with van der Waals surface area (Å²) in [5, 5.41) is 4.27. The molecular weight excluding hydrogens is 373 g/mol. The highest BCUT2D eigenvalue weighted by Crippen LogP contribution is 2.44. The van der Waals surface area contributed by atoms with Crippen molar-refractivity contribution in [3.8, 4) is 0 Å². The summed E-state index contributed by atoms with van der Waals surface area (Å²) in [5.41, 5.74) is 0. The minimum absolute atomic E-state index is 0.134. The first-order chi connectivity index (χ1) is 12.4. The van der Waals surface area contributed by atoms with Crippen molar-refractivity contribution in [3.63, 3.8) is 0 Å². The number of sulfonamides is 1. The third kappa shape index (κ3) is 3.46. The average molecular weight is 398 g/mol. The molecule has 1 heterocycles. The van der Waals surface area contributed by atoms with Gasteiger partial charge < -0.3 is 10.2 Å². The van der Waals surface area contributed by atoms with E-state index in [1.54, 1.807) is 0 Å². The van der Waals surface area contributed by atoms with Crippen LogP contribution < -0.4 is 5.32 Å². The fraction of sp³-hybridized carbons (Fsp3) is 0.611. The predicted molar refractivity (Wildman–Crippen MR) is 102 cm³/mol. The highest BCUT2D eigenvalue weighted by atomic mass is 32.2. The Morgan fingerprint density at radius 2 is 1.77 bits per heavy atom. The van der Waals surface area contributed by atoms with E-state index in [1.807, 2.05) is 0 Å². The van der Waals surface area contributed by atoms with Crippen molar-refractivity contribution in [3.05, 3.63) is 30.1 Å². The van der Waals surface area contributed by atoms with Crippen molar-refractivity contribution in [1.82, 2.24) is 14.5 Å². The highest BCUT2D eigenvalue weighted by Gasteiger charge is 2.40. The molecule has 142 valence electrons. The summed E-state index contributed by atoms with van der Waals surface area (Å²) in [6.45, 7) is 1.93. The largest absolute Gasteiger partial charge is 0.360 e. The van der Waals surface area contributed by atoms with Crippen LogP contribution in [0.2, 0.25) is 0 Å². The molecule has 0 unspecified atom stereocenters. The molecule has 5 nitrogen and oxygen atoms in total. The minimum Gasteiger partial charge on any atom is -0.360 e. The molecule has 0 aromatic heterocycles. The number of nitrogens with one attached hydrogen (secondary N) is 1. The van der Waals surface area contributed by atoms with Crippen LogP contribution in [0.1, 0.15) is 25.7 Å². The highest BCUT2D eigenvalue weighted by molar-refractivity contribution is 7.89. The topological polar surface area (TPSA) is 52.7 Å². The molecule has 2 bridgehead atoms. The predicted octanol–water partition coefficient (Wildman–Crippen LogP) is 2.20. The van der Waals surface area contributed by atoms with E-state index < -0.39 is 15.8 Å². The van der Waals surface area contributed by atoms with Gasteiger partial charge in [0, 0.05) is 32.2 Å². The number of fused-ring (bicyclic) bond motifs is 2. The van der Waals surface area contributed by atoms with E-state index in [9.17, 15) is 12.8 Å². The van der Waals surface area contributed by atoms with Crippen molar-refractivity contribution in [1.29, 1.82) is 0 Å². The lowest BCUT2D eigenvalue weighted by molar-refractivity contribution is 0.258. The van der Waals surface area contributed by atoms with Gasteiger partial charge >= 0.3 is 0 Å². The Bertz CT molecular complexity index is 776. The number of hydrogen-bond donors (Lipinski definition) is 1. The van der Waals surface area contributed by atoms with E-state index in [1.165, 1.54) is 54.3 Å². The first-order valence-corrected chi connectivity index (χ1v) is 11.1. The molecule has 0 radical (unpaired) electrons. The molecule has 1 saturated heterocycles. The van der Waals surface area contributed by atoms with E-state index in [2.05, 4.69) is 10.2 Å². The summed E-state index contributed by atoms with van der Waals surface area (Å²) in [4.78, 5) is 2.20. The van der Waals surface area contributed by atoms with Gasteiger partial charge in [-0.3, -0.25) is 0 Å². The van der Waals surface area contributed by atoms with Gasteiger partial charge in [0.15, 0.2) is 5.11 Å². The molecule has 8 heteroatoms. The molecule has 1 N–H and O–H groups in total. The number of benzene rings is 1. The number of hydrogen-bond acceptors (Lipinski definition) is 3. The Morgan fingerprint density at radius 1 is 1.08 bits per heavy atom. The molecule has 26 heavy (non-hydrogen) atoms. The minimum atomic E-state index is -3.58. The monoisotopic (exact) mass is 397 g/mol. The first-order valence-electron chi connectivity index (χ1n) is 9.24. The van der Waals surface area contributed by atoms with Gasteiger partial charge in [-0.2, -0.15) is 4.31 Å². The fourth-order valence-corrected chi connectivity index (χ4v) is 6.31. The summed E-state index contributed by atoms with van der Waals surface area (Å²) in [6, 6.07) is 5.48. The third-order valence-electron chi connectivity index (χ3n) is 6.02. The molecule has 0 spiro atoms. The SMILES string of the molecule is O=S(=O)(c1ccc(F)cc1)N1CCN(C(=S)N[C@@H]2C[C@H]3CC[C@H]2C3)CC1. The van der Waals surface area contributed by atoms with Crippen LogP contribution in [-0.2, 0) is 10.0 Å². The van der Waals surface area contributed by atoms with Gasteiger partial charge in [0.05, 0.1) is 4.90 Å². The zero-order chi connectivity index (χ0) is 18.3. The molecule has 3 atom stereocenters. The van der Waals surface area contributed by atoms with Gasteiger partial charge in [-0.1, -0.05) is 6.42 Å². The molecule has 1 aromatic carbocycles. The van der Waals surface area contributed by atoms with Crippen LogP contribution in [0.3, 0.4) is 0 Å². The van der Waals surface area contributed by atoms with Crippen LogP contribution in [0.25, 0.3) is 0 Å². The van der Waals surface area contributed by atoms with Crippen LogP contribution in [0, 0.1) is 17.7 Å². The Labute approximate surface area is 159 Å². The van der Waals surface area contributed by atoms with Crippen molar-refractivity contribution in [2.24, 2.45) is 11.8 Å². The molecule has 3 aliphatic rings. The lowest BCUT2D eigenvalue weighted by atomic mass is 9.95. The maximum absolute atomic E-state index is 13.0. The number of nitrogens with zero attached hydrogens (tertiary/aromatic N) is 2. The second-order valence-corrected chi connectivity index (χ2v) is 9.90. The molecule has 2 aliphatic carbocycles. The molecule has 1 aliphatic heterocycles. The Kier molecular flexibility index (Phi) is 4.92. The van der Waals surface area contributed by atoms with Crippen molar-refractivity contribution in [2.75, 3.05) is 26.2 Å². The zero-order valence-electron chi connectivity index (χ0n) is 14.6. The maximum Gasteiger partial charge on any atom is 0.243 e. The van der Waals surface area contributed by atoms with E-state index in [4.69, 9.17) is 12.2 Å². The normalized spacial score (nSPS) is 29.1. The summed E-state index contributed by atoms with van der Waals surface area (Å²) < 4.78 is 39.9. The van der Waals surface area contributed by atoms with Gasteiger partial charge in [-0.15, -0.1) is 0 Å². The average Bonchev–Trinajstić information content (AvgIpc) is 3.25. The number of rotatable bonds is 3. The zero-order valence-corrected chi connectivity index (χ0v) is 16.2. The van der Waals surface area contributed by atoms with Crippen molar-refractivity contribution >= 4 is 27.4 Å². The Hall–Kier alpha value is -1.25. The number of thiocarbonyl (C=S) groups is 1. The Balaban J connectivity index is 1.33. The molecular formula is C18H24FN3O2S2. The van der Waals surface area contributed by atoms with Crippen LogP contribution in [0.4, 0.5) is 4.39 Å². The van der Waals surface area contributed by atoms with Gasteiger partial charge in [-0.05, 0) is 67.6 Å². The van der Waals surface area contributed by atoms with Gasteiger partial charge in [0.1, 0.15) is 5.82 Å². The van der Waals surface area contributed by atoms with Gasteiger partial charge in [0.25, 0.3) is 0 Å². The van der Waals surface area contributed by atoms with E-state index in [-0.39, 0.29) is 4.90 Å². The summed E-state index contributed by atoms with van der Waals surface area (Å²) in [7, 11) is -3.58. The van der Waals surface area contributed by atoms with Crippen LogP contribution in [-0.4, -0.2) is 55.0 Å². The second-order valence-electron chi connectivity index (χ2n) is 7.58. The molecule has 4 rings (SSSR count). The smallest absolute Gasteiger partial charge is 0.243 e. The van der Waals surface area contributed by atoms with Crippen LogP contribution in [0.5, 0.6) is 0 Å². The number of piperazine rings is 1. The van der Waals surface area contributed by atoms with Gasteiger partial charge in [-0.25, -0.2) is 12.8 Å². The van der Waals surface area contributed by atoms with Crippen molar-refractivity contribution < 1.29 is 12.8 Å². The molecule has 2 saturated carbocycles. The van der Waals surface area contributed by atoms with E-state index >= 15 is 0 Å². The number of halogens is 1. The fourth-order valence-electron chi connectivity index (χ4n) is 4.56. The van der Waals surface area contributed by atoms with Crippen LogP contribution in [0.15, 0.2) is 29.2 Å². The summed E-state index contributed by atoms with van der Waals surface area (Å²) in [6.07, 6.45) is 5.19. The first kappa shape index (κ1) is 18.1. The lowest BCUT2D eigenvalue weighted by Gasteiger charge is -2.37. The van der Waals surface area contributed by atoms with E-state index in [0.717, 1.165) is 16.9 Å². The lowest BCUT2D eigenvalue weighted by Crippen LogP contribution is -2.54. The standard InChI is InChI=1S/C18H24FN3O2S2/c19-15-3-5-16(6-4-15)26(23,24)22-9-7-21(8-10-22)18(25)20-17-12-13-1-2-14(17)11-13/h3-6,13-14,17H,1-2,7-12H2,(H,20,25)/t13-,14-,17+/m0/s1. The van der Waals surface area contributed by atoms with Crippen molar-refractivity contribution in [2.45, 2.75) is 36.6 Å². The quantitative estimate of drug-likeness (QED) is 0.793. The van der Waals surface area contributed by atoms with Gasteiger partial charge in [0.2, 0.25) is 10.0 Å². The molecule has 1 aromatic rings. The Morgan fingerprint density at radius 3 is 2.35 bits per heavy atom. The third-order valence-corrected chi connectivity index (χ3v) is 8.31.